The van der Waals surface area contributed by atoms with Gasteiger partial charge < -0.3 is 0 Å². The topological polar surface area (TPSA) is 47.6 Å². The van der Waals surface area contributed by atoms with E-state index in [0.29, 0.717) is 5.57 Å². The molecule has 0 aliphatic carbocycles. The van der Waals surface area contributed by atoms with Crippen LogP contribution in [0.1, 0.15) is 5.56 Å². The minimum Gasteiger partial charge on any atom is -0.193 e. The number of thiophene rings is 2. The van der Waals surface area contributed by atoms with Gasteiger partial charge in [-0.1, -0.05) is 6.07 Å². The fraction of sp³-hybridized carbons (Fsp3) is 0. The fourth-order valence-electron chi connectivity index (χ4n) is 1.35. The lowest BCUT2D eigenvalue weighted by molar-refractivity contribution is 1.51. The van der Waals surface area contributed by atoms with Crippen LogP contribution in [0.15, 0.2) is 35.0 Å². The number of rotatable bonds is 2. The van der Waals surface area contributed by atoms with Crippen LogP contribution in [0.5, 0.6) is 0 Å². The second-order valence-electron chi connectivity index (χ2n) is 2.94. The van der Waals surface area contributed by atoms with Gasteiger partial charge in [-0.15, -0.1) is 22.7 Å². The van der Waals surface area contributed by atoms with Gasteiger partial charge in [-0.2, -0.15) is 10.5 Å². The number of allylic oxidation sites excluding steroid dienone is 2. The highest BCUT2D eigenvalue weighted by atomic mass is 32.1. The summed E-state index contributed by atoms with van der Waals surface area (Å²) >= 11 is 3.22. The average Bonchev–Trinajstić information content (AvgIpc) is 2.94. The minimum atomic E-state index is 0.423. The molecule has 4 heteroatoms. The number of hydrogen-bond donors (Lipinski definition) is 0. The quantitative estimate of drug-likeness (QED) is 0.750. The van der Waals surface area contributed by atoms with Crippen molar-refractivity contribution in [1.82, 2.24) is 0 Å². The molecule has 0 amide bonds. The lowest BCUT2D eigenvalue weighted by atomic mass is 10.1. The molecule has 0 N–H and O–H groups in total. The molecule has 0 unspecified atom stereocenters. The first-order chi connectivity index (χ1) is 7.86. The van der Waals surface area contributed by atoms with E-state index in [1.807, 2.05) is 35.0 Å². The highest BCUT2D eigenvalue weighted by Gasteiger charge is 2.11. The van der Waals surface area contributed by atoms with Crippen LogP contribution in [-0.4, -0.2) is 0 Å². The summed E-state index contributed by atoms with van der Waals surface area (Å²) in [6, 6.07) is 9.83. The third-order valence-corrected chi connectivity index (χ3v) is 3.99. The molecule has 0 aliphatic rings. The molecule has 2 rings (SSSR count). The van der Waals surface area contributed by atoms with Crippen molar-refractivity contribution in [2.45, 2.75) is 0 Å². The first-order valence-electron chi connectivity index (χ1n) is 4.48. The van der Waals surface area contributed by atoms with Crippen LogP contribution in [0.3, 0.4) is 0 Å². The van der Waals surface area contributed by atoms with E-state index in [-0.39, 0.29) is 0 Å². The Morgan fingerprint density at radius 1 is 1.19 bits per heavy atom. The first kappa shape index (κ1) is 10.6. The summed E-state index contributed by atoms with van der Waals surface area (Å²) < 4.78 is 0. The van der Waals surface area contributed by atoms with Crippen molar-refractivity contribution in [2.75, 3.05) is 0 Å². The largest absolute Gasteiger partial charge is 0.193 e. The van der Waals surface area contributed by atoms with Gasteiger partial charge >= 0.3 is 0 Å². The molecule has 0 spiro atoms. The molecule has 2 aromatic heterocycles. The van der Waals surface area contributed by atoms with E-state index < -0.39 is 0 Å². The molecule has 0 bridgehead atoms. The second-order valence-corrected chi connectivity index (χ2v) is 4.80. The molecule has 2 aromatic rings. The third-order valence-electron chi connectivity index (χ3n) is 2.03. The maximum absolute atomic E-state index is 8.99. The Hall–Kier alpha value is -1.88. The predicted octanol–water partition coefficient (Wildman–Crippen LogP) is 3.91. The monoisotopic (exact) mass is 242 g/mol. The Balaban J connectivity index is 2.54. The van der Waals surface area contributed by atoms with Gasteiger partial charge in [0.1, 0.15) is 6.07 Å². The Bertz CT molecular complexity index is 592. The molecule has 0 fully saturated rings. The van der Waals surface area contributed by atoms with E-state index >= 15 is 0 Å². The third kappa shape index (κ3) is 1.90. The SMILES string of the molecule is N#C/C=C(\C#N)c1ccsc1-c1cccs1. The Labute approximate surface area is 101 Å². The van der Waals surface area contributed by atoms with Crippen molar-refractivity contribution in [3.8, 4) is 21.9 Å². The van der Waals surface area contributed by atoms with Crippen LogP contribution in [-0.2, 0) is 0 Å². The molecular weight excluding hydrogens is 236 g/mol. The fourth-order valence-corrected chi connectivity index (χ4v) is 3.15. The summed E-state index contributed by atoms with van der Waals surface area (Å²) in [6.45, 7) is 0. The Morgan fingerprint density at radius 3 is 2.69 bits per heavy atom. The van der Waals surface area contributed by atoms with Crippen LogP contribution >= 0.6 is 22.7 Å². The second kappa shape index (κ2) is 4.76. The molecule has 0 radical (unpaired) electrons. The van der Waals surface area contributed by atoms with Gasteiger partial charge in [-0.05, 0) is 22.9 Å². The van der Waals surface area contributed by atoms with Crippen LogP contribution in [0, 0.1) is 22.7 Å². The zero-order valence-electron chi connectivity index (χ0n) is 8.18. The van der Waals surface area contributed by atoms with Crippen molar-refractivity contribution < 1.29 is 0 Å². The molecular formula is C12H6N2S2. The summed E-state index contributed by atoms with van der Waals surface area (Å²) in [7, 11) is 0. The predicted molar refractivity (Wildman–Crippen MR) is 66.8 cm³/mol. The molecule has 2 nitrogen and oxygen atoms in total. The molecule has 0 aromatic carbocycles. The van der Waals surface area contributed by atoms with E-state index in [9.17, 15) is 0 Å². The summed E-state index contributed by atoms with van der Waals surface area (Å²) in [6.07, 6.45) is 1.29. The van der Waals surface area contributed by atoms with Crippen LogP contribution in [0.2, 0.25) is 0 Å². The van der Waals surface area contributed by atoms with Crippen molar-refractivity contribution in [3.63, 3.8) is 0 Å². The molecule has 0 aliphatic heterocycles. The van der Waals surface area contributed by atoms with E-state index in [1.54, 1.807) is 22.7 Å². The maximum atomic E-state index is 8.99. The lowest BCUT2D eigenvalue weighted by Crippen LogP contribution is -1.79. The van der Waals surface area contributed by atoms with Crippen molar-refractivity contribution in [1.29, 1.82) is 10.5 Å². The van der Waals surface area contributed by atoms with Gasteiger partial charge in [0.2, 0.25) is 0 Å². The van der Waals surface area contributed by atoms with Gasteiger partial charge in [0, 0.05) is 16.5 Å². The molecule has 2 heterocycles. The normalized spacial score (nSPS) is 10.8. The van der Waals surface area contributed by atoms with Gasteiger partial charge in [-0.3, -0.25) is 0 Å². The molecule has 76 valence electrons. The zero-order valence-corrected chi connectivity index (χ0v) is 9.81. The lowest BCUT2D eigenvalue weighted by Gasteiger charge is -1.97. The summed E-state index contributed by atoms with van der Waals surface area (Å²) in [5.41, 5.74) is 1.27. The van der Waals surface area contributed by atoms with E-state index in [4.69, 9.17) is 10.5 Å². The molecule has 0 saturated carbocycles. The number of nitrogens with zero attached hydrogens (tertiary/aromatic N) is 2. The highest BCUT2D eigenvalue weighted by Crippen LogP contribution is 2.36. The van der Waals surface area contributed by atoms with Crippen molar-refractivity contribution in [3.05, 3.63) is 40.6 Å². The van der Waals surface area contributed by atoms with E-state index in [0.717, 1.165) is 15.3 Å². The maximum Gasteiger partial charge on any atom is 0.101 e. The van der Waals surface area contributed by atoms with Crippen LogP contribution < -0.4 is 0 Å². The Kier molecular flexibility index (Phi) is 3.16. The molecule has 0 saturated heterocycles. The minimum absolute atomic E-state index is 0.423. The molecule has 0 atom stereocenters. The van der Waals surface area contributed by atoms with Gasteiger partial charge in [-0.25, -0.2) is 0 Å². The summed E-state index contributed by atoms with van der Waals surface area (Å²) in [5.74, 6) is 0. The highest BCUT2D eigenvalue weighted by molar-refractivity contribution is 7.20. The van der Waals surface area contributed by atoms with Crippen molar-refractivity contribution >= 4 is 28.2 Å². The Morgan fingerprint density at radius 2 is 2.06 bits per heavy atom. The summed E-state index contributed by atoms with van der Waals surface area (Å²) in [5, 5.41) is 21.5. The van der Waals surface area contributed by atoms with Crippen molar-refractivity contribution in [2.24, 2.45) is 0 Å². The number of nitriles is 2. The van der Waals surface area contributed by atoms with E-state index in [1.165, 1.54) is 6.08 Å². The van der Waals surface area contributed by atoms with E-state index in [2.05, 4.69) is 6.07 Å². The standard InChI is InChI=1S/C12H6N2S2/c13-5-3-9(8-14)10-4-7-16-12(10)11-2-1-6-15-11/h1-4,6-7H/b9-3+. The zero-order chi connectivity index (χ0) is 11.4. The molecule has 16 heavy (non-hydrogen) atoms. The number of hydrogen-bond acceptors (Lipinski definition) is 4. The van der Waals surface area contributed by atoms with Gasteiger partial charge in [0.15, 0.2) is 0 Å². The van der Waals surface area contributed by atoms with Gasteiger partial charge in [0.05, 0.1) is 16.5 Å². The first-order valence-corrected chi connectivity index (χ1v) is 6.24. The van der Waals surface area contributed by atoms with Crippen LogP contribution in [0.25, 0.3) is 15.3 Å². The average molecular weight is 242 g/mol. The van der Waals surface area contributed by atoms with Crippen LogP contribution in [0.4, 0.5) is 0 Å². The van der Waals surface area contributed by atoms with Gasteiger partial charge in [0.25, 0.3) is 0 Å². The smallest absolute Gasteiger partial charge is 0.101 e. The summed E-state index contributed by atoms with van der Waals surface area (Å²) in [4.78, 5) is 2.18.